The van der Waals surface area contributed by atoms with E-state index in [1.54, 1.807) is 0 Å². The first-order chi connectivity index (χ1) is 17.3. The highest BCUT2D eigenvalue weighted by Crippen LogP contribution is 2.26. The lowest BCUT2D eigenvalue weighted by molar-refractivity contribution is -0.116. The first-order valence-corrected chi connectivity index (χ1v) is 12.0. The molecule has 0 spiro atoms. The molecule has 0 unspecified atom stereocenters. The van der Waals surface area contributed by atoms with Gasteiger partial charge < -0.3 is 10.2 Å². The standard InChI is InChI=1S/C29H29N5O/c35-29(28(24-12-6-2-7-13-24)25-14-8-3-9-15-25)32-26-20-27(31-22-30-26)34-18-16-33(17-19-34)21-23-10-4-1-5-11-23/h1-15,20,22,28H,16-19,21H2,(H,30,31,32,35). The van der Waals surface area contributed by atoms with E-state index in [0.29, 0.717) is 5.82 Å². The molecule has 5 rings (SSSR count). The van der Waals surface area contributed by atoms with Gasteiger partial charge in [0, 0.05) is 38.8 Å². The molecule has 6 heteroatoms. The Labute approximate surface area is 206 Å². The van der Waals surface area contributed by atoms with Gasteiger partial charge in [-0.25, -0.2) is 9.97 Å². The van der Waals surface area contributed by atoms with Gasteiger partial charge in [-0.3, -0.25) is 9.69 Å². The van der Waals surface area contributed by atoms with Crippen molar-refractivity contribution in [3.63, 3.8) is 0 Å². The minimum Gasteiger partial charge on any atom is -0.354 e. The molecule has 2 heterocycles. The molecule has 1 aromatic heterocycles. The first kappa shape index (κ1) is 22.7. The Morgan fingerprint density at radius 3 is 1.94 bits per heavy atom. The highest BCUT2D eigenvalue weighted by molar-refractivity contribution is 5.97. The summed E-state index contributed by atoms with van der Waals surface area (Å²) in [4.78, 5) is 27.0. The van der Waals surface area contributed by atoms with Gasteiger partial charge in [0.25, 0.3) is 0 Å². The van der Waals surface area contributed by atoms with Crippen LogP contribution in [0.5, 0.6) is 0 Å². The molecule has 0 saturated carbocycles. The Hall–Kier alpha value is -4.03. The molecular formula is C29H29N5O. The molecule has 1 N–H and O–H groups in total. The van der Waals surface area contributed by atoms with E-state index in [4.69, 9.17) is 0 Å². The summed E-state index contributed by atoms with van der Waals surface area (Å²) in [5, 5.41) is 3.03. The van der Waals surface area contributed by atoms with Crippen molar-refractivity contribution in [1.29, 1.82) is 0 Å². The van der Waals surface area contributed by atoms with E-state index in [0.717, 1.165) is 49.7 Å². The third-order valence-electron chi connectivity index (χ3n) is 6.38. The molecular weight excluding hydrogens is 434 g/mol. The fraction of sp³-hybridized carbons (Fsp3) is 0.207. The second-order valence-electron chi connectivity index (χ2n) is 8.75. The Balaban J connectivity index is 1.26. The second kappa shape index (κ2) is 10.9. The van der Waals surface area contributed by atoms with Gasteiger partial charge in [0.05, 0.1) is 5.92 Å². The molecule has 3 aromatic carbocycles. The average Bonchev–Trinajstić information content (AvgIpc) is 2.91. The molecule has 176 valence electrons. The van der Waals surface area contributed by atoms with Crippen molar-refractivity contribution in [2.45, 2.75) is 12.5 Å². The molecule has 0 radical (unpaired) electrons. The van der Waals surface area contributed by atoms with Crippen LogP contribution in [0.4, 0.5) is 11.6 Å². The van der Waals surface area contributed by atoms with Crippen LogP contribution in [-0.2, 0) is 11.3 Å². The number of anilines is 2. The average molecular weight is 464 g/mol. The summed E-state index contributed by atoms with van der Waals surface area (Å²) in [5.41, 5.74) is 3.22. The molecule has 0 bridgehead atoms. The lowest BCUT2D eigenvalue weighted by Gasteiger charge is -2.35. The molecule has 35 heavy (non-hydrogen) atoms. The molecule has 1 amide bonds. The first-order valence-electron chi connectivity index (χ1n) is 12.0. The maximum absolute atomic E-state index is 13.4. The maximum atomic E-state index is 13.4. The number of carbonyl (C=O) groups excluding carboxylic acids is 1. The number of piperazine rings is 1. The van der Waals surface area contributed by atoms with Crippen molar-refractivity contribution in [2.75, 3.05) is 36.4 Å². The summed E-state index contributed by atoms with van der Waals surface area (Å²) < 4.78 is 0. The number of carbonyl (C=O) groups is 1. The van der Waals surface area contributed by atoms with E-state index in [2.05, 4.69) is 55.4 Å². The predicted octanol–water partition coefficient (Wildman–Crippen LogP) is 4.57. The summed E-state index contributed by atoms with van der Waals surface area (Å²) in [6, 6.07) is 32.1. The highest BCUT2D eigenvalue weighted by atomic mass is 16.1. The largest absolute Gasteiger partial charge is 0.354 e. The van der Waals surface area contributed by atoms with Gasteiger partial charge in [0.2, 0.25) is 5.91 Å². The Morgan fingerprint density at radius 2 is 1.34 bits per heavy atom. The van der Waals surface area contributed by atoms with Crippen LogP contribution in [0.3, 0.4) is 0 Å². The van der Waals surface area contributed by atoms with Crippen molar-refractivity contribution < 1.29 is 4.79 Å². The lowest BCUT2D eigenvalue weighted by Crippen LogP contribution is -2.46. The normalized spacial score (nSPS) is 14.1. The van der Waals surface area contributed by atoms with Crippen LogP contribution in [0, 0.1) is 0 Å². The van der Waals surface area contributed by atoms with Crippen LogP contribution >= 0.6 is 0 Å². The van der Waals surface area contributed by atoms with Gasteiger partial charge in [-0.1, -0.05) is 91.0 Å². The summed E-state index contributed by atoms with van der Waals surface area (Å²) in [7, 11) is 0. The minimum absolute atomic E-state index is 0.111. The predicted molar refractivity (Wildman–Crippen MR) is 139 cm³/mol. The number of benzene rings is 3. The third-order valence-corrected chi connectivity index (χ3v) is 6.38. The molecule has 1 aliphatic heterocycles. The quantitative estimate of drug-likeness (QED) is 0.435. The molecule has 1 aliphatic rings. The van der Waals surface area contributed by atoms with Crippen molar-refractivity contribution in [1.82, 2.24) is 14.9 Å². The SMILES string of the molecule is O=C(Nc1cc(N2CCN(Cc3ccccc3)CC2)ncn1)C(c1ccccc1)c1ccccc1. The maximum Gasteiger partial charge on any atom is 0.237 e. The topological polar surface area (TPSA) is 61.4 Å². The number of nitrogens with one attached hydrogen (secondary N) is 1. The number of rotatable bonds is 7. The fourth-order valence-corrected chi connectivity index (χ4v) is 4.55. The van der Waals surface area contributed by atoms with Crippen LogP contribution in [0.15, 0.2) is 103 Å². The van der Waals surface area contributed by atoms with Crippen LogP contribution < -0.4 is 10.2 Å². The van der Waals surface area contributed by atoms with E-state index in [1.807, 2.05) is 66.7 Å². The number of nitrogens with zero attached hydrogens (tertiary/aromatic N) is 4. The minimum atomic E-state index is -0.419. The van der Waals surface area contributed by atoms with Crippen LogP contribution in [0.25, 0.3) is 0 Å². The van der Waals surface area contributed by atoms with Crippen molar-refractivity contribution >= 4 is 17.5 Å². The van der Waals surface area contributed by atoms with E-state index in [-0.39, 0.29) is 5.91 Å². The molecule has 0 aliphatic carbocycles. The molecule has 0 atom stereocenters. The fourth-order valence-electron chi connectivity index (χ4n) is 4.55. The summed E-state index contributed by atoms with van der Waals surface area (Å²) in [6.07, 6.45) is 1.53. The molecule has 1 saturated heterocycles. The van der Waals surface area contributed by atoms with E-state index < -0.39 is 5.92 Å². The monoisotopic (exact) mass is 463 g/mol. The van der Waals surface area contributed by atoms with Gasteiger partial charge in [0.1, 0.15) is 18.0 Å². The zero-order valence-electron chi connectivity index (χ0n) is 19.6. The van der Waals surface area contributed by atoms with Crippen LogP contribution in [0.1, 0.15) is 22.6 Å². The van der Waals surface area contributed by atoms with E-state index in [1.165, 1.54) is 11.9 Å². The zero-order chi connectivity index (χ0) is 23.9. The number of amides is 1. The second-order valence-corrected chi connectivity index (χ2v) is 8.75. The number of aromatic nitrogens is 2. The Bertz CT molecular complexity index is 1190. The third kappa shape index (κ3) is 5.73. The van der Waals surface area contributed by atoms with Gasteiger partial charge in [0.15, 0.2) is 0 Å². The van der Waals surface area contributed by atoms with Gasteiger partial charge in [-0.05, 0) is 16.7 Å². The summed E-state index contributed by atoms with van der Waals surface area (Å²) in [5.74, 6) is 0.825. The van der Waals surface area contributed by atoms with Crippen LogP contribution in [0.2, 0.25) is 0 Å². The van der Waals surface area contributed by atoms with Gasteiger partial charge in [-0.2, -0.15) is 0 Å². The van der Waals surface area contributed by atoms with E-state index >= 15 is 0 Å². The Morgan fingerprint density at radius 1 is 0.771 bits per heavy atom. The van der Waals surface area contributed by atoms with Crippen LogP contribution in [-0.4, -0.2) is 47.0 Å². The lowest BCUT2D eigenvalue weighted by atomic mass is 9.90. The summed E-state index contributed by atoms with van der Waals surface area (Å²) >= 11 is 0. The van der Waals surface area contributed by atoms with Crippen molar-refractivity contribution in [3.05, 3.63) is 120 Å². The Kier molecular flexibility index (Phi) is 7.10. The van der Waals surface area contributed by atoms with Crippen molar-refractivity contribution in [3.8, 4) is 0 Å². The molecule has 4 aromatic rings. The van der Waals surface area contributed by atoms with Crippen molar-refractivity contribution in [2.24, 2.45) is 0 Å². The molecule has 1 fully saturated rings. The number of hydrogen-bond donors (Lipinski definition) is 1. The smallest absolute Gasteiger partial charge is 0.237 e. The van der Waals surface area contributed by atoms with Gasteiger partial charge in [-0.15, -0.1) is 0 Å². The highest BCUT2D eigenvalue weighted by Gasteiger charge is 2.24. The zero-order valence-corrected chi connectivity index (χ0v) is 19.6. The van der Waals surface area contributed by atoms with Gasteiger partial charge >= 0.3 is 0 Å². The molecule has 6 nitrogen and oxygen atoms in total. The summed E-state index contributed by atoms with van der Waals surface area (Å²) in [6.45, 7) is 4.65. The number of hydrogen-bond acceptors (Lipinski definition) is 5. The van der Waals surface area contributed by atoms with E-state index in [9.17, 15) is 4.79 Å².